The molecule has 1 fully saturated rings. The van der Waals surface area contributed by atoms with Crippen LogP contribution < -0.4 is 10.5 Å². The predicted molar refractivity (Wildman–Crippen MR) is 91.1 cm³/mol. The first kappa shape index (κ1) is 19.2. The third-order valence-corrected chi connectivity index (χ3v) is 5.76. The lowest BCUT2D eigenvalue weighted by atomic mass is 10.2. The summed E-state index contributed by atoms with van der Waals surface area (Å²) in [5.74, 6) is -0.784. The summed E-state index contributed by atoms with van der Waals surface area (Å²) in [6, 6.07) is 5.98. The number of nitrogens with zero attached hydrogens (tertiary/aromatic N) is 1. The molecule has 2 N–H and O–H groups in total. The second kappa shape index (κ2) is 8.30. The van der Waals surface area contributed by atoms with E-state index in [1.54, 1.807) is 18.2 Å². The van der Waals surface area contributed by atoms with E-state index in [9.17, 15) is 18.0 Å². The summed E-state index contributed by atoms with van der Waals surface area (Å²) in [6.07, 6.45) is 0.398. The molecule has 138 valence electrons. The van der Waals surface area contributed by atoms with Crippen molar-refractivity contribution in [3.8, 4) is 5.75 Å². The third kappa shape index (κ3) is 5.17. The summed E-state index contributed by atoms with van der Waals surface area (Å²) in [4.78, 5) is 25.4. The molecule has 2 amide bonds. The molecule has 0 radical (unpaired) electrons. The molecule has 0 spiro atoms. The van der Waals surface area contributed by atoms with Gasteiger partial charge >= 0.3 is 0 Å². The summed E-state index contributed by atoms with van der Waals surface area (Å²) in [7, 11) is -1.61. The van der Waals surface area contributed by atoms with Crippen LogP contribution in [0.2, 0.25) is 0 Å². The topological polar surface area (TPSA) is 116 Å². The van der Waals surface area contributed by atoms with Crippen molar-refractivity contribution in [2.75, 3.05) is 38.4 Å². The van der Waals surface area contributed by atoms with Crippen molar-refractivity contribution in [1.29, 1.82) is 0 Å². The lowest BCUT2D eigenvalue weighted by Gasteiger charge is -2.28. The van der Waals surface area contributed by atoms with E-state index >= 15 is 0 Å². The van der Waals surface area contributed by atoms with Gasteiger partial charge in [0.2, 0.25) is 0 Å². The molecule has 0 saturated carbocycles. The largest absolute Gasteiger partial charge is 0.483 e. The van der Waals surface area contributed by atoms with Crippen LogP contribution in [0.3, 0.4) is 0 Å². The van der Waals surface area contributed by atoms with E-state index in [2.05, 4.69) is 0 Å². The Balaban J connectivity index is 2.06. The second-order valence-corrected chi connectivity index (χ2v) is 8.01. The SMILES string of the molecule is COCCN(C(=O)COc1ccccc1C(N)=O)[C@@H]1CCS(=O)(=O)C1. The Hall–Kier alpha value is -2.13. The molecule has 9 heteroatoms. The van der Waals surface area contributed by atoms with Gasteiger partial charge in [-0.1, -0.05) is 12.1 Å². The van der Waals surface area contributed by atoms with Crippen LogP contribution in [0.25, 0.3) is 0 Å². The lowest BCUT2D eigenvalue weighted by Crippen LogP contribution is -2.45. The Labute approximate surface area is 146 Å². The summed E-state index contributed by atoms with van der Waals surface area (Å²) in [6.45, 7) is 0.251. The van der Waals surface area contributed by atoms with Gasteiger partial charge in [0.05, 0.1) is 23.7 Å². The second-order valence-electron chi connectivity index (χ2n) is 5.79. The lowest BCUT2D eigenvalue weighted by molar-refractivity contribution is -0.136. The number of methoxy groups -OCH3 is 1. The van der Waals surface area contributed by atoms with Crippen molar-refractivity contribution >= 4 is 21.7 Å². The zero-order valence-electron chi connectivity index (χ0n) is 14.0. The van der Waals surface area contributed by atoms with Crippen LogP contribution in [0, 0.1) is 0 Å². The zero-order chi connectivity index (χ0) is 18.4. The predicted octanol–water partition coefficient (Wildman–Crippen LogP) is -0.174. The van der Waals surface area contributed by atoms with Crippen LogP contribution in [-0.2, 0) is 19.4 Å². The fourth-order valence-electron chi connectivity index (χ4n) is 2.74. The summed E-state index contributed by atoms with van der Waals surface area (Å²) < 4.78 is 33.8. The maximum absolute atomic E-state index is 12.5. The van der Waals surface area contributed by atoms with Gasteiger partial charge in [0.1, 0.15) is 5.75 Å². The molecule has 1 heterocycles. The highest BCUT2D eigenvalue weighted by atomic mass is 32.2. The van der Waals surface area contributed by atoms with Crippen molar-refractivity contribution in [3.63, 3.8) is 0 Å². The molecule has 1 aliphatic heterocycles. The first-order valence-electron chi connectivity index (χ1n) is 7.84. The Morgan fingerprint density at radius 1 is 1.32 bits per heavy atom. The number of carbonyl (C=O) groups is 2. The number of amides is 2. The monoisotopic (exact) mass is 370 g/mol. The highest BCUT2D eigenvalue weighted by Crippen LogP contribution is 2.20. The van der Waals surface area contributed by atoms with Crippen molar-refractivity contribution in [3.05, 3.63) is 29.8 Å². The number of primary amides is 1. The average molecular weight is 370 g/mol. The van der Waals surface area contributed by atoms with Crippen LogP contribution in [0.5, 0.6) is 5.75 Å². The minimum Gasteiger partial charge on any atom is -0.483 e. The smallest absolute Gasteiger partial charge is 0.260 e. The highest BCUT2D eigenvalue weighted by molar-refractivity contribution is 7.91. The van der Waals surface area contributed by atoms with Gasteiger partial charge in [-0.25, -0.2) is 8.42 Å². The quantitative estimate of drug-likeness (QED) is 0.679. The van der Waals surface area contributed by atoms with Crippen molar-refractivity contribution in [2.45, 2.75) is 12.5 Å². The third-order valence-electron chi connectivity index (χ3n) is 4.01. The number of hydrogen-bond donors (Lipinski definition) is 1. The Morgan fingerprint density at radius 2 is 2.04 bits per heavy atom. The highest BCUT2D eigenvalue weighted by Gasteiger charge is 2.34. The number of benzene rings is 1. The van der Waals surface area contributed by atoms with Crippen molar-refractivity contribution in [1.82, 2.24) is 4.90 Å². The first-order chi connectivity index (χ1) is 11.8. The van der Waals surface area contributed by atoms with Crippen LogP contribution in [0.1, 0.15) is 16.8 Å². The standard InChI is InChI=1S/C16H22N2O6S/c1-23-8-7-18(12-6-9-25(21,22)11-12)15(19)10-24-14-5-3-2-4-13(14)16(17)20/h2-5,12H,6-11H2,1H3,(H2,17,20)/t12-/m1/s1. The van der Waals surface area contributed by atoms with E-state index in [0.29, 0.717) is 13.0 Å². The molecule has 8 nitrogen and oxygen atoms in total. The van der Waals surface area contributed by atoms with Crippen molar-refractivity contribution in [2.24, 2.45) is 5.73 Å². The molecule has 1 atom stereocenters. The normalized spacial score (nSPS) is 18.7. The molecule has 25 heavy (non-hydrogen) atoms. The van der Waals surface area contributed by atoms with E-state index < -0.39 is 15.7 Å². The number of ether oxygens (including phenoxy) is 2. The fourth-order valence-corrected chi connectivity index (χ4v) is 4.47. The molecule has 0 aromatic heterocycles. The maximum Gasteiger partial charge on any atom is 0.260 e. The summed E-state index contributed by atoms with van der Waals surface area (Å²) in [5.41, 5.74) is 5.46. The van der Waals surface area contributed by atoms with Gasteiger partial charge in [-0.3, -0.25) is 9.59 Å². The minimum atomic E-state index is -3.12. The molecule has 0 aliphatic carbocycles. The van der Waals surface area contributed by atoms with Gasteiger partial charge in [-0.15, -0.1) is 0 Å². The van der Waals surface area contributed by atoms with E-state index in [1.165, 1.54) is 18.1 Å². The van der Waals surface area contributed by atoms with E-state index in [0.717, 1.165) is 0 Å². The minimum absolute atomic E-state index is 0.0552. The van der Waals surface area contributed by atoms with Crippen LogP contribution >= 0.6 is 0 Å². The molecule has 1 aromatic rings. The zero-order valence-corrected chi connectivity index (χ0v) is 14.8. The van der Waals surface area contributed by atoms with Crippen LogP contribution in [0.4, 0.5) is 0 Å². The summed E-state index contributed by atoms with van der Waals surface area (Å²) in [5, 5.41) is 0. The Kier molecular flexibility index (Phi) is 6.38. The number of hydrogen-bond acceptors (Lipinski definition) is 6. The van der Waals surface area contributed by atoms with Gasteiger partial charge in [-0.05, 0) is 18.6 Å². The Morgan fingerprint density at radius 3 is 2.64 bits per heavy atom. The molecule has 1 aromatic carbocycles. The van der Waals surface area contributed by atoms with E-state index in [-0.39, 0.29) is 47.9 Å². The number of para-hydroxylation sites is 1. The van der Waals surface area contributed by atoms with E-state index in [1.807, 2.05) is 0 Å². The van der Waals surface area contributed by atoms with E-state index in [4.69, 9.17) is 15.2 Å². The molecular weight excluding hydrogens is 348 g/mol. The summed E-state index contributed by atoms with van der Waals surface area (Å²) >= 11 is 0. The number of carbonyl (C=O) groups excluding carboxylic acids is 2. The molecule has 1 saturated heterocycles. The molecule has 0 unspecified atom stereocenters. The van der Waals surface area contributed by atoms with Crippen LogP contribution in [0.15, 0.2) is 24.3 Å². The van der Waals surface area contributed by atoms with Gasteiger partial charge < -0.3 is 20.1 Å². The van der Waals surface area contributed by atoms with Crippen LogP contribution in [-0.4, -0.2) is 69.5 Å². The first-order valence-corrected chi connectivity index (χ1v) is 9.66. The van der Waals surface area contributed by atoms with Crippen molar-refractivity contribution < 1.29 is 27.5 Å². The van der Waals surface area contributed by atoms with Gasteiger partial charge in [-0.2, -0.15) is 0 Å². The number of nitrogens with two attached hydrogens (primary N) is 1. The fraction of sp³-hybridized carbons (Fsp3) is 0.500. The molecular formula is C16H22N2O6S. The number of sulfone groups is 1. The molecule has 1 aliphatic rings. The van der Waals surface area contributed by atoms with Gasteiger partial charge in [0, 0.05) is 19.7 Å². The number of rotatable bonds is 8. The maximum atomic E-state index is 12.5. The molecule has 2 rings (SSSR count). The van der Waals surface area contributed by atoms with Gasteiger partial charge in [0.15, 0.2) is 16.4 Å². The molecule has 0 bridgehead atoms. The average Bonchev–Trinajstić information content (AvgIpc) is 2.93. The Bertz CT molecular complexity index is 734. The van der Waals surface area contributed by atoms with Gasteiger partial charge in [0.25, 0.3) is 11.8 Å².